The Hall–Kier alpha value is -4.86. The van der Waals surface area contributed by atoms with Crippen LogP contribution in [-0.4, -0.2) is 9.55 Å². The van der Waals surface area contributed by atoms with Crippen molar-refractivity contribution in [2.75, 3.05) is 0 Å². The minimum Gasteiger partial charge on any atom is -0.294 e. The van der Waals surface area contributed by atoms with Crippen LogP contribution in [0.25, 0.3) is 71.6 Å². The topological polar surface area (TPSA) is 17.8 Å². The van der Waals surface area contributed by atoms with Crippen molar-refractivity contribution in [3.8, 4) is 28.1 Å². The molecular weight excluding hydrogens is 504 g/mol. The first-order chi connectivity index (χ1) is 19.8. The molecule has 2 nitrogen and oxygen atoms in total. The third-order valence-corrected chi connectivity index (χ3v) is 9.36. The van der Waals surface area contributed by atoms with Crippen LogP contribution in [0, 0.1) is 0 Å². The first kappa shape index (κ1) is 22.0. The number of aromatic nitrogens is 2. The van der Waals surface area contributed by atoms with E-state index >= 15 is 0 Å². The van der Waals surface area contributed by atoms with Gasteiger partial charge in [0.2, 0.25) is 0 Å². The molecular formula is C37H22N2S. The Morgan fingerprint density at radius 2 is 1.30 bits per heavy atom. The second-order valence-electron chi connectivity index (χ2n) is 10.4. The fraction of sp³-hybridized carbons (Fsp3) is 0. The normalized spacial score (nSPS) is 12.4. The van der Waals surface area contributed by atoms with Crippen molar-refractivity contribution in [2.24, 2.45) is 0 Å². The Kier molecular flexibility index (Phi) is 4.58. The maximum Gasteiger partial charge on any atom is 0.138 e. The Balaban J connectivity index is 1.39. The van der Waals surface area contributed by atoms with Crippen molar-refractivity contribution in [3.05, 3.63) is 133 Å². The Labute approximate surface area is 235 Å². The van der Waals surface area contributed by atoms with Crippen molar-refractivity contribution >= 4 is 55.2 Å². The van der Waals surface area contributed by atoms with E-state index in [1.54, 1.807) is 0 Å². The zero-order valence-electron chi connectivity index (χ0n) is 21.5. The molecule has 1 aliphatic heterocycles. The number of pyridine rings is 1. The van der Waals surface area contributed by atoms with Crippen molar-refractivity contribution in [1.82, 2.24) is 9.55 Å². The van der Waals surface area contributed by atoms with E-state index in [2.05, 4.69) is 138 Å². The van der Waals surface area contributed by atoms with Crippen LogP contribution in [0.5, 0.6) is 0 Å². The quantitative estimate of drug-likeness (QED) is 0.223. The van der Waals surface area contributed by atoms with Gasteiger partial charge in [-0.25, -0.2) is 4.98 Å². The van der Waals surface area contributed by atoms with Gasteiger partial charge in [-0.15, -0.1) is 0 Å². The molecule has 0 amide bonds. The van der Waals surface area contributed by atoms with Crippen LogP contribution in [-0.2, 0) is 0 Å². The summed E-state index contributed by atoms with van der Waals surface area (Å²) >= 11 is 1.90. The maximum absolute atomic E-state index is 5.24. The lowest BCUT2D eigenvalue weighted by atomic mass is 9.96. The summed E-state index contributed by atoms with van der Waals surface area (Å²) in [7, 11) is 0. The van der Waals surface area contributed by atoms with Crippen LogP contribution < -0.4 is 0 Å². The molecule has 3 heteroatoms. The number of para-hydroxylation sites is 2. The molecule has 0 N–H and O–H groups in total. The summed E-state index contributed by atoms with van der Waals surface area (Å²) in [6.45, 7) is 0. The van der Waals surface area contributed by atoms with E-state index in [9.17, 15) is 0 Å². The average Bonchev–Trinajstić information content (AvgIpc) is 3.36. The van der Waals surface area contributed by atoms with E-state index < -0.39 is 0 Å². The van der Waals surface area contributed by atoms with Gasteiger partial charge in [0.05, 0.1) is 16.6 Å². The molecule has 0 fully saturated rings. The van der Waals surface area contributed by atoms with Gasteiger partial charge in [0.15, 0.2) is 0 Å². The highest BCUT2D eigenvalue weighted by Gasteiger charge is 2.25. The second kappa shape index (κ2) is 8.32. The number of benzene rings is 6. The van der Waals surface area contributed by atoms with Crippen LogP contribution >= 0.6 is 11.8 Å². The van der Waals surface area contributed by atoms with Crippen molar-refractivity contribution < 1.29 is 0 Å². The van der Waals surface area contributed by atoms with Crippen LogP contribution in [0.2, 0.25) is 0 Å². The first-order valence-corrected chi connectivity index (χ1v) is 14.4. The lowest BCUT2D eigenvalue weighted by Gasteiger charge is -2.21. The summed E-state index contributed by atoms with van der Waals surface area (Å²) in [4.78, 5) is 7.88. The molecule has 8 aromatic rings. The molecule has 2 aromatic heterocycles. The van der Waals surface area contributed by atoms with E-state index in [-0.39, 0.29) is 0 Å². The summed E-state index contributed by atoms with van der Waals surface area (Å²) in [6.07, 6.45) is 0. The van der Waals surface area contributed by atoms with Crippen LogP contribution in [0.1, 0.15) is 0 Å². The van der Waals surface area contributed by atoms with Gasteiger partial charge in [-0.05, 0) is 58.0 Å². The average molecular weight is 527 g/mol. The monoisotopic (exact) mass is 526 g/mol. The number of rotatable bonds is 2. The third kappa shape index (κ3) is 3.04. The molecule has 6 aromatic carbocycles. The number of nitrogens with zero attached hydrogens (tertiary/aromatic N) is 2. The predicted molar refractivity (Wildman–Crippen MR) is 169 cm³/mol. The number of fused-ring (bicyclic) bond motifs is 7. The molecule has 40 heavy (non-hydrogen) atoms. The van der Waals surface area contributed by atoms with Crippen molar-refractivity contribution in [3.63, 3.8) is 0 Å². The van der Waals surface area contributed by atoms with E-state index in [1.807, 2.05) is 11.8 Å². The molecule has 9 rings (SSSR count). The van der Waals surface area contributed by atoms with Gasteiger partial charge in [-0.2, -0.15) is 0 Å². The summed E-state index contributed by atoms with van der Waals surface area (Å²) in [5.74, 6) is 0.937. The minimum atomic E-state index is 0.937. The Morgan fingerprint density at radius 1 is 0.525 bits per heavy atom. The maximum atomic E-state index is 5.24. The lowest BCUT2D eigenvalue weighted by Crippen LogP contribution is -2.00. The van der Waals surface area contributed by atoms with Gasteiger partial charge in [0.25, 0.3) is 0 Å². The van der Waals surface area contributed by atoms with E-state index in [0.717, 1.165) is 16.7 Å². The molecule has 3 heterocycles. The summed E-state index contributed by atoms with van der Waals surface area (Å²) in [5.41, 5.74) is 8.36. The van der Waals surface area contributed by atoms with E-state index in [1.165, 1.54) is 64.6 Å². The minimum absolute atomic E-state index is 0.937. The van der Waals surface area contributed by atoms with Gasteiger partial charge in [-0.1, -0.05) is 115 Å². The first-order valence-electron chi connectivity index (χ1n) is 13.6. The molecule has 186 valence electrons. The summed E-state index contributed by atoms with van der Waals surface area (Å²) < 4.78 is 2.35. The van der Waals surface area contributed by atoms with E-state index in [0.29, 0.717) is 0 Å². The molecule has 0 aliphatic carbocycles. The molecule has 0 radical (unpaired) electrons. The largest absolute Gasteiger partial charge is 0.294 e. The zero-order valence-corrected chi connectivity index (χ0v) is 22.3. The molecule has 0 saturated carbocycles. The van der Waals surface area contributed by atoms with Gasteiger partial charge in [0.1, 0.15) is 5.82 Å². The Bertz CT molecular complexity index is 2290. The molecule has 0 atom stereocenters. The fourth-order valence-electron chi connectivity index (χ4n) is 6.45. The van der Waals surface area contributed by atoms with Gasteiger partial charge in [-0.3, -0.25) is 4.57 Å². The summed E-state index contributed by atoms with van der Waals surface area (Å²) in [6, 6.07) is 48.0. The van der Waals surface area contributed by atoms with Crippen molar-refractivity contribution in [1.29, 1.82) is 0 Å². The predicted octanol–water partition coefficient (Wildman–Crippen LogP) is 10.3. The van der Waals surface area contributed by atoms with Crippen molar-refractivity contribution in [2.45, 2.75) is 9.79 Å². The van der Waals surface area contributed by atoms with Crippen LogP contribution in [0.15, 0.2) is 143 Å². The number of hydrogen-bond donors (Lipinski definition) is 0. The zero-order chi connectivity index (χ0) is 26.2. The highest BCUT2D eigenvalue weighted by molar-refractivity contribution is 8.00. The molecule has 0 saturated heterocycles. The SMILES string of the molecule is c1ccc(-c2cc(-n3c4ccccc4c4c5c(ccc43)-c3cccc4cccc(c34)S5)nc3ccccc23)cc1. The molecule has 0 spiro atoms. The summed E-state index contributed by atoms with van der Waals surface area (Å²) in [5, 5.41) is 6.36. The van der Waals surface area contributed by atoms with Gasteiger partial charge >= 0.3 is 0 Å². The standard InChI is InChI=1S/C37H22N2S/c1-2-10-23(11-3-1)29-22-34(38-30-17-6-4-14-25(29)30)39-31-18-7-5-15-28(31)36-32(39)21-20-27-26-16-8-12-24-13-9-19-33(35(24)26)40-37(27)36/h1-22H. The Morgan fingerprint density at radius 3 is 2.20 bits per heavy atom. The molecule has 0 bridgehead atoms. The highest BCUT2D eigenvalue weighted by Crippen LogP contribution is 2.52. The highest BCUT2D eigenvalue weighted by atomic mass is 32.2. The van der Waals surface area contributed by atoms with Gasteiger partial charge < -0.3 is 0 Å². The van der Waals surface area contributed by atoms with Gasteiger partial charge in [0, 0.05) is 31.3 Å². The fourth-order valence-corrected chi connectivity index (χ4v) is 7.75. The third-order valence-electron chi connectivity index (χ3n) is 8.18. The second-order valence-corrected chi connectivity index (χ2v) is 11.4. The van der Waals surface area contributed by atoms with Crippen LogP contribution in [0.4, 0.5) is 0 Å². The lowest BCUT2D eigenvalue weighted by molar-refractivity contribution is 1.10. The number of hydrogen-bond acceptors (Lipinski definition) is 2. The molecule has 0 unspecified atom stereocenters. The van der Waals surface area contributed by atoms with E-state index in [4.69, 9.17) is 4.98 Å². The smallest absolute Gasteiger partial charge is 0.138 e. The molecule has 1 aliphatic rings. The van der Waals surface area contributed by atoms with Crippen LogP contribution in [0.3, 0.4) is 0 Å².